The molecule has 1 aliphatic heterocycles. The molecule has 30 heavy (non-hydrogen) atoms. The molecular formula is C24H24N2O3S. The quantitative estimate of drug-likeness (QED) is 0.670. The number of hydrogen-bond donors (Lipinski definition) is 1. The summed E-state index contributed by atoms with van der Waals surface area (Å²) in [5.41, 5.74) is 5.88. The average Bonchev–Trinajstić information content (AvgIpc) is 3.10. The van der Waals surface area contributed by atoms with Gasteiger partial charge in [0.15, 0.2) is 0 Å². The number of carbonyl (C=O) groups excluding carboxylic acids is 1. The lowest BCUT2D eigenvalue weighted by molar-refractivity contribution is 0.0989. The summed E-state index contributed by atoms with van der Waals surface area (Å²) in [5.74, 6) is -0.0716. The summed E-state index contributed by atoms with van der Waals surface area (Å²) in [7, 11) is -3.72. The van der Waals surface area contributed by atoms with Crippen LogP contribution in [-0.2, 0) is 16.4 Å². The zero-order chi connectivity index (χ0) is 21.5. The van der Waals surface area contributed by atoms with E-state index < -0.39 is 10.0 Å². The van der Waals surface area contributed by atoms with Gasteiger partial charge in [0.1, 0.15) is 0 Å². The van der Waals surface area contributed by atoms with Gasteiger partial charge in [-0.3, -0.25) is 9.52 Å². The second kappa shape index (κ2) is 7.61. The molecule has 3 aromatic carbocycles. The second-order valence-electron chi connectivity index (χ2n) is 7.85. The Morgan fingerprint density at radius 3 is 2.20 bits per heavy atom. The number of nitrogens with one attached hydrogen (secondary N) is 1. The predicted molar refractivity (Wildman–Crippen MR) is 120 cm³/mol. The van der Waals surface area contributed by atoms with Crippen LogP contribution in [0.15, 0.2) is 65.6 Å². The van der Waals surface area contributed by atoms with E-state index in [4.69, 9.17) is 0 Å². The van der Waals surface area contributed by atoms with Gasteiger partial charge >= 0.3 is 0 Å². The molecule has 5 nitrogen and oxygen atoms in total. The molecule has 1 aliphatic rings. The van der Waals surface area contributed by atoms with Crippen molar-refractivity contribution < 1.29 is 13.2 Å². The molecule has 154 valence electrons. The van der Waals surface area contributed by atoms with Crippen molar-refractivity contribution in [3.05, 3.63) is 88.5 Å². The molecule has 6 heteroatoms. The van der Waals surface area contributed by atoms with Gasteiger partial charge in [-0.05, 0) is 86.3 Å². The summed E-state index contributed by atoms with van der Waals surface area (Å²) in [6, 6.07) is 18.0. The van der Waals surface area contributed by atoms with Crippen molar-refractivity contribution in [1.29, 1.82) is 0 Å². The number of amides is 1. The number of aryl methyl sites for hydroxylation is 3. The summed E-state index contributed by atoms with van der Waals surface area (Å²) in [5, 5.41) is 0. The Morgan fingerprint density at radius 1 is 0.867 bits per heavy atom. The van der Waals surface area contributed by atoms with Crippen LogP contribution in [0.3, 0.4) is 0 Å². The van der Waals surface area contributed by atoms with E-state index in [2.05, 4.69) is 4.72 Å². The average molecular weight is 421 g/mol. The normalized spacial score (nSPS) is 13.2. The van der Waals surface area contributed by atoms with Crippen molar-refractivity contribution in [3.63, 3.8) is 0 Å². The minimum Gasteiger partial charge on any atom is -0.308 e. The number of sulfonamides is 1. The van der Waals surface area contributed by atoms with Crippen LogP contribution in [0.2, 0.25) is 0 Å². The Bertz CT molecular complexity index is 1210. The number of benzene rings is 3. The lowest BCUT2D eigenvalue weighted by atomic mass is 10.1. The molecular weight excluding hydrogens is 396 g/mol. The third-order valence-corrected chi connectivity index (χ3v) is 6.65. The molecule has 0 fully saturated rings. The Hall–Kier alpha value is -3.12. The number of fused-ring (bicyclic) bond motifs is 1. The highest BCUT2D eigenvalue weighted by molar-refractivity contribution is 7.92. The number of nitrogens with zero attached hydrogens (tertiary/aromatic N) is 1. The molecule has 1 N–H and O–H groups in total. The molecule has 3 aromatic rings. The summed E-state index contributed by atoms with van der Waals surface area (Å²) in [4.78, 5) is 14.8. The second-order valence-corrected chi connectivity index (χ2v) is 9.53. The molecule has 1 heterocycles. The fourth-order valence-corrected chi connectivity index (χ4v) is 4.95. The third-order valence-electron chi connectivity index (χ3n) is 5.27. The molecule has 0 saturated carbocycles. The van der Waals surface area contributed by atoms with Crippen LogP contribution in [0.4, 0.5) is 11.4 Å². The first-order valence-corrected chi connectivity index (χ1v) is 11.3. The van der Waals surface area contributed by atoms with Gasteiger partial charge in [0.05, 0.1) is 4.90 Å². The standard InChI is InChI=1S/C24H24N2O3S/c1-16-4-6-19(7-5-16)24(27)26-11-10-20-15-22(8-9-23(20)26)30(28,29)25-21-13-17(2)12-18(3)14-21/h4-9,12-15,25H,10-11H2,1-3H3. The first-order chi connectivity index (χ1) is 14.2. The summed E-state index contributed by atoms with van der Waals surface area (Å²) in [6.45, 7) is 6.38. The van der Waals surface area contributed by atoms with Crippen LogP contribution >= 0.6 is 0 Å². The lowest BCUT2D eigenvalue weighted by Gasteiger charge is -2.18. The fourth-order valence-electron chi connectivity index (χ4n) is 3.86. The molecule has 0 radical (unpaired) electrons. The van der Waals surface area contributed by atoms with E-state index in [0.717, 1.165) is 27.9 Å². The molecule has 0 aliphatic carbocycles. The highest BCUT2D eigenvalue weighted by Gasteiger charge is 2.27. The van der Waals surface area contributed by atoms with Crippen molar-refractivity contribution in [2.75, 3.05) is 16.2 Å². The molecule has 0 saturated heterocycles. The van der Waals surface area contributed by atoms with E-state index in [0.29, 0.717) is 24.2 Å². The van der Waals surface area contributed by atoms with Crippen LogP contribution in [0.25, 0.3) is 0 Å². The van der Waals surface area contributed by atoms with Crippen LogP contribution < -0.4 is 9.62 Å². The first kappa shape index (κ1) is 20.2. The number of hydrogen-bond acceptors (Lipinski definition) is 3. The predicted octanol–water partition coefficient (Wildman–Crippen LogP) is 4.62. The van der Waals surface area contributed by atoms with E-state index in [1.54, 1.807) is 35.2 Å². The molecule has 1 amide bonds. The molecule has 0 bridgehead atoms. The zero-order valence-electron chi connectivity index (χ0n) is 17.3. The van der Waals surface area contributed by atoms with Gasteiger partial charge in [0.25, 0.3) is 15.9 Å². The highest BCUT2D eigenvalue weighted by Crippen LogP contribution is 2.32. The SMILES string of the molecule is Cc1ccc(C(=O)N2CCc3cc(S(=O)(=O)Nc4cc(C)cc(C)c4)ccc32)cc1. The van der Waals surface area contributed by atoms with Gasteiger partial charge in [-0.15, -0.1) is 0 Å². The molecule has 0 atom stereocenters. The van der Waals surface area contributed by atoms with E-state index in [1.165, 1.54) is 0 Å². The summed E-state index contributed by atoms with van der Waals surface area (Å²) >= 11 is 0. The molecule has 4 rings (SSSR count). The smallest absolute Gasteiger partial charge is 0.261 e. The van der Waals surface area contributed by atoms with Crippen molar-refractivity contribution in [2.24, 2.45) is 0 Å². The minimum absolute atomic E-state index is 0.0716. The molecule has 0 spiro atoms. The monoisotopic (exact) mass is 420 g/mol. The topological polar surface area (TPSA) is 66.5 Å². The molecule has 0 aromatic heterocycles. The Kier molecular flexibility index (Phi) is 5.12. The van der Waals surface area contributed by atoms with Gasteiger partial charge in [0.2, 0.25) is 0 Å². The molecule has 0 unspecified atom stereocenters. The van der Waals surface area contributed by atoms with Crippen molar-refractivity contribution >= 4 is 27.3 Å². The summed E-state index contributed by atoms with van der Waals surface area (Å²) in [6.07, 6.45) is 0.625. The van der Waals surface area contributed by atoms with E-state index >= 15 is 0 Å². The maximum atomic E-state index is 12.9. The Balaban J connectivity index is 1.60. The van der Waals surface area contributed by atoms with Gasteiger partial charge < -0.3 is 4.90 Å². The minimum atomic E-state index is -3.72. The largest absolute Gasteiger partial charge is 0.308 e. The van der Waals surface area contributed by atoms with Crippen LogP contribution in [0, 0.1) is 20.8 Å². The van der Waals surface area contributed by atoms with Crippen LogP contribution in [0.5, 0.6) is 0 Å². The van der Waals surface area contributed by atoms with Crippen molar-refractivity contribution in [1.82, 2.24) is 0 Å². The van der Waals surface area contributed by atoms with Crippen LogP contribution in [-0.4, -0.2) is 20.9 Å². The lowest BCUT2D eigenvalue weighted by Crippen LogP contribution is -2.28. The van der Waals surface area contributed by atoms with E-state index in [-0.39, 0.29) is 10.8 Å². The van der Waals surface area contributed by atoms with Crippen LogP contribution in [0.1, 0.15) is 32.6 Å². The number of carbonyl (C=O) groups is 1. The van der Waals surface area contributed by atoms with E-state index in [9.17, 15) is 13.2 Å². The zero-order valence-corrected chi connectivity index (χ0v) is 18.1. The fraction of sp³-hybridized carbons (Fsp3) is 0.208. The highest BCUT2D eigenvalue weighted by atomic mass is 32.2. The Morgan fingerprint density at radius 2 is 1.53 bits per heavy atom. The third kappa shape index (κ3) is 3.96. The van der Waals surface area contributed by atoms with Gasteiger partial charge in [-0.2, -0.15) is 0 Å². The van der Waals surface area contributed by atoms with Crippen molar-refractivity contribution in [2.45, 2.75) is 32.1 Å². The maximum absolute atomic E-state index is 12.9. The summed E-state index contributed by atoms with van der Waals surface area (Å²) < 4.78 is 28.5. The Labute approximate surface area is 177 Å². The number of anilines is 2. The first-order valence-electron chi connectivity index (χ1n) is 9.85. The van der Waals surface area contributed by atoms with E-state index in [1.807, 2.05) is 51.1 Å². The maximum Gasteiger partial charge on any atom is 0.261 e. The van der Waals surface area contributed by atoms with Crippen molar-refractivity contribution in [3.8, 4) is 0 Å². The number of rotatable bonds is 4. The van der Waals surface area contributed by atoms with Gasteiger partial charge in [0, 0.05) is 23.5 Å². The van der Waals surface area contributed by atoms with Gasteiger partial charge in [-0.1, -0.05) is 23.8 Å². The van der Waals surface area contributed by atoms with Gasteiger partial charge in [-0.25, -0.2) is 8.42 Å².